The first kappa shape index (κ1) is 16.5. The van der Waals surface area contributed by atoms with Crippen molar-refractivity contribution >= 4 is 17.8 Å². The predicted molar refractivity (Wildman–Crippen MR) is 92.4 cm³/mol. The van der Waals surface area contributed by atoms with E-state index in [-0.39, 0.29) is 0 Å². The summed E-state index contributed by atoms with van der Waals surface area (Å²) in [4.78, 5) is 0. The van der Waals surface area contributed by atoms with E-state index in [1.807, 2.05) is 42.5 Å². The van der Waals surface area contributed by atoms with Crippen LogP contribution in [0.1, 0.15) is 11.1 Å². The number of rotatable bonds is 6. The van der Waals surface area contributed by atoms with Crippen molar-refractivity contribution < 1.29 is 18.9 Å². The van der Waals surface area contributed by atoms with Crippen LogP contribution in [0.2, 0.25) is 0 Å². The summed E-state index contributed by atoms with van der Waals surface area (Å²) in [5.74, 6) is 2.46. The monoisotopic (exact) mass is 315 g/mol. The molecule has 0 aliphatic heterocycles. The molecule has 0 saturated carbocycles. The van der Waals surface area contributed by atoms with Gasteiger partial charge in [0.1, 0.15) is 5.75 Å². The van der Waals surface area contributed by atoms with Crippen LogP contribution in [0, 0.1) is 0 Å². The fourth-order valence-electron chi connectivity index (χ4n) is 2.25. The summed E-state index contributed by atoms with van der Waals surface area (Å²) in [6.45, 7) is 0. The maximum absolute atomic E-state index is 5.91. The molecule has 0 saturated heterocycles. The molecule has 0 heterocycles. The molecule has 0 aliphatic rings. The number of nitrogen functional groups attached to an aromatic ring is 1. The molecule has 0 unspecified atom stereocenters. The smallest absolute Gasteiger partial charge is 0.203 e. The predicted octanol–water partition coefficient (Wildman–Crippen LogP) is 3.47. The molecule has 0 amide bonds. The second-order valence-electron chi connectivity index (χ2n) is 4.79. The minimum Gasteiger partial charge on any atom is -0.495 e. The highest BCUT2D eigenvalue weighted by molar-refractivity contribution is 5.74. The second kappa shape index (κ2) is 7.45. The zero-order valence-corrected chi connectivity index (χ0v) is 13.8. The van der Waals surface area contributed by atoms with E-state index in [4.69, 9.17) is 24.7 Å². The van der Waals surface area contributed by atoms with Crippen LogP contribution >= 0.6 is 0 Å². The summed E-state index contributed by atoms with van der Waals surface area (Å²) in [5.41, 5.74) is 8.41. The molecule has 5 nitrogen and oxygen atoms in total. The fourth-order valence-corrected chi connectivity index (χ4v) is 2.25. The van der Waals surface area contributed by atoms with Gasteiger partial charge < -0.3 is 24.7 Å². The lowest BCUT2D eigenvalue weighted by Crippen LogP contribution is -1.95. The van der Waals surface area contributed by atoms with E-state index in [2.05, 4.69) is 0 Å². The summed E-state index contributed by atoms with van der Waals surface area (Å²) in [6.07, 6.45) is 3.90. The first-order valence-corrected chi connectivity index (χ1v) is 7.04. The van der Waals surface area contributed by atoms with Crippen LogP contribution < -0.4 is 24.7 Å². The van der Waals surface area contributed by atoms with Crippen LogP contribution in [0.5, 0.6) is 23.0 Å². The number of hydrogen-bond acceptors (Lipinski definition) is 5. The molecule has 0 atom stereocenters. The lowest BCUT2D eigenvalue weighted by Gasteiger charge is -2.12. The van der Waals surface area contributed by atoms with E-state index in [1.54, 1.807) is 28.4 Å². The Bertz CT molecular complexity index is 685. The Labute approximate surface area is 136 Å². The minimum absolute atomic E-state index is 0.570. The van der Waals surface area contributed by atoms with Crippen molar-refractivity contribution in [1.82, 2.24) is 0 Å². The van der Waals surface area contributed by atoms with Crippen LogP contribution in [-0.4, -0.2) is 28.4 Å². The molecular formula is C18H21NO4. The third-order valence-electron chi connectivity index (χ3n) is 3.41. The van der Waals surface area contributed by atoms with Gasteiger partial charge in [0.05, 0.1) is 34.1 Å². The molecule has 0 aliphatic carbocycles. The first-order chi connectivity index (χ1) is 11.1. The van der Waals surface area contributed by atoms with Crippen molar-refractivity contribution in [2.75, 3.05) is 34.2 Å². The van der Waals surface area contributed by atoms with Gasteiger partial charge in [0.25, 0.3) is 0 Å². The van der Waals surface area contributed by atoms with Gasteiger partial charge in [-0.1, -0.05) is 18.2 Å². The van der Waals surface area contributed by atoms with Gasteiger partial charge in [-0.3, -0.25) is 0 Å². The first-order valence-electron chi connectivity index (χ1n) is 7.04. The Balaban J connectivity index is 2.34. The molecule has 5 heteroatoms. The summed E-state index contributed by atoms with van der Waals surface area (Å²) in [5, 5.41) is 0. The lowest BCUT2D eigenvalue weighted by atomic mass is 10.1. The molecule has 2 N–H and O–H groups in total. The Kier molecular flexibility index (Phi) is 5.36. The van der Waals surface area contributed by atoms with E-state index in [0.29, 0.717) is 28.7 Å². The zero-order chi connectivity index (χ0) is 16.8. The average Bonchev–Trinajstić information content (AvgIpc) is 2.58. The molecular weight excluding hydrogens is 294 g/mol. The average molecular weight is 315 g/mol. The highest BCUT2D eigenvalue weighted by Crippen LogP contribution is 2.38. The Hall–Kier alpha value is -2.82. The number of benzene rings is 2. The molecule has 2 aromatic rings. The maximum Gasteiger partial charge on any atom is 0.203 e. The van der Waals surface area contributed by atoms with E-state index in [9.17, 15) is 0 Å². The van der Waals surface area contributed by atoms with Gasteiger partial charge in [0.2, 0.25) is 5.75 Å². The van der Waals surface area contributed by atoms with Crippen molar-refractivity contribution in [3.63, 3.8) is 0 Å². The largest absolute Gasteiger partial charge is 0.495 e. The molecule has 2 rings (SSSR count). The summed E-state index contributed by atoms with van der Waals surface area (Å²) >= 11 is 0. The van der Waals surface area contributed by atoms with Crippen LogP contribution in [0.3, 0.4) is 0 Å². The molecule has 0 fully saturated rings. The number of hydrogen-bond donors (Lipinski definition) is 1. The number of nitrogens with two attached hydrogens (primary N) is 1. The van der Waals surface area contributed by atoms with Crippen LogP contribution in [0.15, 0.2) is 30.3 Å². The second-order valence-corrected chi connectivity index (χ2v) is 4.79. The number of anilines is 1. The Morgan fingerprint density at radius 1 is 0.696 bits per heavy atom. The quantitative estimate of drug-likeness (QED) is 0.653. The standard InChI is InChI=1S/C18H21NO4/c1-20-15-8-7-12(9-14(15)19)5-6-13-10-16(21-2)18(23-4)17(11-13)22-3/h5-11H,19H2,1-4H3/b6-5+. The Morgan fingerprint density at radius 3 is 1.74 bits per heavy atom. The van der Waals surface area contributed by atoms with E-state index < -0.39 is 0 Å². The molecule has 23 heavy (non-hydrogen) atoms. The SMILES string of the molecule is COc1ccc(/C=C/c2cc(OC)c(OC)c(OC)c2)cc1N. The number of ether oxygens (including phenoxy) is 4. The highest BCUT2D eigenvalue weighted by Gasteiger charge is 2.11. The molecule has 0 bridgehead atoms. The third kappa shape index (κ3) is 3.69. The zero-order valence-electron chi connectivity index (χ0n) is 13.8. The highest BCUT2D eigenvalue weighted by atomic mass is 16.5. The van der Waals surface area contributed by atoms with Crippen LogP contribution in [0.25, 0.3) is 12.2 Å². The number of methoxy groups -OCH3 is 4. The molecule has 2 aromatic carbocycles. The van der Waals surface area contributed by atoms with Crippen molar-refractivity contribution in [2.24, 2.45) is 0 Å². The fraction of sp³-hybridized carbons (Fsp3) is 0.222. The Morgan fingerprint density at radius 2 is 1.26 bits per heavy atom. The summed E-state index contributed by atoms with van der Waals surface area (Å²) in [6, 6.07) is 9.39. The van der Waals surface area contributed by atoms with E-state index >= 15 is 0 Å². The van der Waals surface area contributed by atoms with Gasteiger partial charge in [0, 0.05) is 0 Å². The van der Waals surface area contributed by atoms with Gasteiger partial charge >= 0.3 is 0 Å². The van der Waals surface area contributed by atoms with Gasteiger partial charge in [-0.15, -0.1) is 0 Å². The molecule has 122 valence electrons. The van der Waals surface area contributed by atoms with Gasteiger partial charge in [-0.05, 0) is 35.4 Å². The van der Waals surface area contributed by atoms with Crippen LogP contribution in [-0.2, 0) is 0 Å². The maximum atomic E-state index is 5.91. The molecule has 0 aromatic heterocycles. The van der Waals surface area contributed by atoms with E-state index in [0.717, 1.165) is 11.1 Å². The van der Waals surface area contributed by atoms with Crippen LogP contribution in [0.4, 0.5) is 5.69 Å². The normalized spacial score (nSPS) is 10.6. The van der Waals surface area contributed by atoms with Crippen molar-refractivity contribution in [1.29, 1.82) is 0 Å². The minimum atomic E-state index is 0.570. The summed E-state index contributed by atoms with van der Waals surface area (Å²) in [7, 11) is 6.36. The van der Waals surface area contributed by atoms with Gasteiger partial charge in [-0.25, -0.2) is 0 Å². The van der Waals surface area contributed by atoms with Crippen molar-refractivity contribution in [3.05, 3.63) is 41.5 Å². The van der Waals surface area contributed by atoms with Gasteiger partial charge in [0.15, 0.2) is 11.5 Å². The topological polar surface area (TPSA) is 62.9 Å². The lowest BCUT2D eigenvalue weighted by molar-refractivity contribution is 0.324. The van der Waals surface area contributed by atoms with E-state index in [1.165, 1.54) is 0 Å². The summed E-state index contributed by atoms with van der Waals surface area (Å²) < 4.78 is 21.2. The molecule has 0 radical (unpaired) electrons. The van der Waals surface area contributed by atoms with Gasteiger partial charge in [-0.2, -0.15) is 0 Å². The van der Waals surface area contributed by atoms with Crippen molar-refractivity contribution in [2.45, 2.75) is 0 Å². The van der Waals surface area contributed by atoms with Crippen molar-refractivity contribution in [3.8, 4) is 23.0 Å². The molecule has 0 spiro atoms. The third-order valence-corrected chi connectivity index (χ3v) is 3.41.